The Bertz CT molecular complexity index is 549. The van der Waals surface area contributed by atoms with Gasteiger partial charge in [-0.15, -0.1) is 0 Å². The molecule has 17 heavy (non-hydrogen) atoms. The number of rotatable bonds is 2. The van der Waals surface area contributed by atoms with E-state index in [0.717, 1.165) is 11.4 Å². The SMILES string of the molecule is CC(F)(F)c1[nH]nc(I)c1-c1cccc(Br)c1. The standard InChI is InChI=1S/C11H8BrF2IN2/c1-11(13,14)9-8(10(15)17-16-9)6-3-2-4-7(12)5-6/h2-5H,1H3,(H,16,17). The fraction of sp³-hybridized carbons (Fsp3) is 0.182. The average molecular weight is 413 g/mol. The lowest BCUT2D eigenvalue weighted by atomic mass is 10.0. The zero-order valence-corrected chi connectivity index (χ0v) is 12.5. The monoisotopic (exact) mass is 412 g/mol. The number of nitrogens with zero attached hydrogens (tertiary/aromatic N) is 1. The molecule has 0 amide bonds. The Labute approximate surface area is 119 Å². The Balaban J connectivity index is 2.63. The van der Waals surface area contributed by atoms with Gasteiger partial charge in [0.25, 0.3) is 5.92 Å². The van der Waals surface area contributed by atoms with Crippen molar-refractivity contribution in [3.63, 3.8) is 0 Å². The highest BCUT2D eigenvalue weighted by Crippen LogP contribution is 2.37. The minimum Gasteiger partial charge on any atom is -0.275 e. The summed E-state index contributed by atoms with van der Waals surface area (Å²) in [6.07, 6.45) is 0. The average Bonchev–Trinajstić information content (AvgIpc) is 2.59. The van der Waals surface area contributed by atoms with Gasteiger partial charge >= 0.3 is 0 Å². The van der Waals surface area contributed by atoms with Crippen LogP contribution in [-0.2, 0) is 5.92 Å². The van der Waals surface area contributed by atoms with Gasteiger partial charge < -0.3 is 0 Å². The molecule has 1 N–H and O–H groups in total. The fourth-order valence-corrected chi connectivity index (χ4v) is 2.65. The Morgan fingerprint density at radius 2 is 2.12 bits per heavy atom. The van der Waals surface area contributed by atoms with E-state index < -0.39 is 5.92 Å². The maximum Gasteiger partial charge on any atom is 0.287 e. The quantitative estimate of drug-likeness (QED) is 0.720. The van der Waals surface area contributed by atoms with Crippen LogP contribution in [0, 0.1) is 3.70 Å². The number of hydrogen-bond acceptors (Lipinski definition) is 1. The smallest absolute Gasteiger partial charge is 0.275 e. The lowest BCUT2D eigenvalue weighted by Gasteiger charge is -2.11. The van der Waals surface area contributed by atoms with Crippen LogP contribution >= 0.6 is 38.5 Å². The van der Waals surface area contributed by atoms with Crippen molar-refractivity contribution in [2.75, 3.05) is 0 Å². The predicted octanol–water partition coefficient (Wildman–Crippen LogP) is 4.56. The second-order valence-corrected chi connectivity index (χ2v) is 5.60. The Hall–Kier alpha value is -0.500. The van der Waals surface area contributed by atoms with Crippen LogP contribution in [0.3, 0.4) is 0 Å². The van der Waals surface area contributed by atoms with E-state index in [1.165, 1.54) is 0 Å². The molecule has 0 aliphatic rings. The molecule has 0 atom stereocenters. The molecule has 0 radical (unpaired) electrons. The summed E-state index contributed by atoms with van der Waals surface area (Å²) in [4.78, 5) is 0. The lowest BCUT2D eigenvalue weighted by Crippen LogP contribution is -2.09. The van der Waals surface area contributed by atoms with Crippen LogP contribution in [0.15, 0.2) is 28.7 Å². The highest BCUT2D eigenvalue weighted by atomic mass is 127. The van der Waals surface area contributed by atoms with E-state index in [0.29, 0.717) is 14.8 Å². The minimum absolute atomic E-state index is 0.153. The van der Waals surface area contributed by atoms with Gasteiger partial charge in [0.05, 0.1) is 0 Å². The largest absolute Gasteiger partial charge is 0.287 e. The predicted molar refractivity (Wildman–Crippen MR) is 74.0 cm³/mol. The van der Waals surface area contributed by atoms with Crippen LogP contribution in [0.2, 0.25) is 0 Å². The summed E-state index contributed by atoms with van der Waals surface area (Å²) in [5.41, 5.74) is 1.02. The normalized spacial score (nSPS) is 11.8. The van der Waals surface area contributed by atoms with Crippen molar-refractivity contribution in [1.82, 2.24) is 10.2 Å². The molecule has 6 heteroatoms. The van der Waals surface area contributed by atoms with E-state index in [9.17, 15) is 8.78 Å². The summed E-state index contributed by atoms with van der Waals surface area (Å²) in [7, 11) is 0. The van der Waals surface area contributed by atoms with Gasteiger partial charge in [-0.25, -0.2) is 0 Å². The van der Waals surface area contributed by atoms with Crippen LogP contribution in [-0.4, -0.2) is 10.2 Å². The molecular formula is C11H8BrF2IN2. The molecule has 0 saturated carbocycles. The van der Waals surface area contributed by atoms with Gasteiger partial charge in [0, 0.05) is 17.0 Å². The second-order valence-electron chi connectivity index (χ2n) is 3.66. The van der Waals surface area contributed by atoms with E-state index in [4.69, 9.17) is 0 Å². The van der Waals surface area contributed by atoms with Gasteiger partial charge in [-0.3, -0.25) is 5.10 Å². The molecule has 1 heterocycles. The Kier molecular flexibility index (Phi) is 3.53. The first kappa shape index (κ1) is 12.9. The molecule has 0 bridgehead atoms. The van der Waals surface area contributed by atoms with Crippen molar-refractivity contribution in [3.05, 3.63) is 38.1 Å². The van der Waals surface area contributed by atoms with Crippen LogP contribution in [0.4, 0.5) is 8.78 Å². The second kappa shape index (κ2) is 4.64. The first-order chi connectivity index (χ1) is 7.89. The first-order valence-electron chi connectivity index (χ1n) is 4.77. The molecule has 0 fully saturated rings. The lowest BCUT2D eigenvalue weighted by molar-refractivity contribution is 0.0133. The molecule has 90 valence electrons. The topological polar surface area (TPSA) is 28.7 Å². The van der Waals surface area contributed by atoms with Crippen molar-refractivity contribution in [3.8, 4) is 11.1 Å². The van der Waals surface area contributed by atoms with Gasteiger partial charge in [-0.1, -0.05) is 28.1 Å². The number of benzene rings is 1. The fourth-order valence-electron chi connectivity index (χ4n) is 1.55. The van der Waals surface area contributed by atoms with Crippen molar-refractivity contribution < 1.29 is 8.78 Å². The number of aromatic nitrogens is 2. The van der Waals surface area contributed by atoms with E-state index in [1.54, 1.807) is 18.2 Å². The van der Waals surface area contributed by atoms with E-state index in [2.05, 4.69) is 26.1 Å². The molecule has 0 spiro atoms. The number of H-pyrrole nitrogens is 1. The van der Waals surface area contributed by atoms with Gasteiger partial charge in [-0.2, -0.15) is 13.9 Å². The number of nitrogens with one attached hydrogen (secondary N) is 1. The van der Waals surface area contributed by atoms with Gasteiger partial charge in [0.2, 0.25) is 0 Å². The van der Waals surface area contributed by atoms with Crippen LogP contribution in [0.25, 0.3) is 11.1 Å². The van der Waals surface area contributed by atoms with Crippen molar-refractivity contribution >= 4 is 38.5 Å². The maximum atomic E-state index is 13.4. The Morgan fingerprint density at radius 3 is 2.71 bits per heavy atom. The summed E-state index contributed by atoms with van der Waals surface area (Å²) in [6.45, 7) is 0.859. The number of halogens is 4. The third-order valence-electron chi connectivity index (χ3n) is 2.27. The molecule has 0 aliphatic heterocycles. The summed E-state index contributed by atoms with van der Waals surface area (Å²) < 4.78 is 28.2. The zero-order chi connectivity index (χ0) is 12.6. The number of hydrogen-bond donors (Lipinski definition) is 1. The highest BCUT2D eigenvalue weighted by Gasteiger charge is 2.32. The third-order valence-corrected chi connectivity index (χ3v) is 3.55. The molecule has 0 unspecified atom stereocenters. The maximum absolute atomic E-state index is 13.4. The molecule has 2 aromatic rings. The summed E-state index contributed by atoms with van der Waals surface area (Å²) in [5, 5.41) is 6.26. The summed E-state index contributed by atoms with van der Waals surface area (Å²) in [5.74, 6) is -2.94. The van der Waals surface area contributed by atoms with E-state index in [-0.39, 0.29) is 5.69 Å². The van der Waals surface area contributed by atoms with Crippen LogP contribution in [0.1, 0.15) is 12.6 Å². The number of aromatic amines is 1. The van der Waals surface area contributed by atoms with Crippen molar-refractivity contribution in [2.24, 2.45) is 0 Å². The molecule has 1 aromatic heterocycles. The number of alkyl halides is 2. The molecule has 2 rings (SSSR count). The summed E-state index contributed by atoms with van der Waals surface area (Å²) in [6, 6.07) is 7.23. The van der Waals surface area contributed by atoms with Crippen LogP contribution in [0.5, 0.6) is 0 Å². The summed E-state index contributed by atoms with van der Waals surface area (Å²) >= 11 is 5.27. The third kappa shape index (κ3) is 2.67. The van der Waals surface area contributed by atoms with Crippen molar-refractivity contribution in [2.45, 2.75) is 12.8 Å². The van der Waals surface area contributed by atoms with Crippen molar-refractivity contribution in [1.29, 1.82) is 0 Å². The van der Waals surface area contributed by atoms with Gasteiger partial charge in [0.15, 0.2) is 0 Å². The molecule has 1 aromatic carbocycles. The Morgan fingerprint density at radius 1 is 1.41 bits per heavy atom. The minimum atomic E-state index is -2.94. The molecular weight excluding hydrogens is 405 g/mol. The van der Waals surface area contributed by atoms with Crippen LogP contribution < -0.4 is 0 Å². The first-order valence-corrected chi connectivity index (χ1v) is 6.65. The molecule has 2 nitrogen and oxygen atoms in total. The van der Waals surface area contributed by atoms with E-state index >= 15 is 0 Å². The zero-order valence-electron chi connectivity index (χ0n) is 8.77. The molecule has 0 aliphatic carbocycles. The highest BCUT2D eigenvalue weighted by molar-refractivity contribution is 14.1. The van der Waals surface area contributed by atoms with E-state index in [1.807, 2.05) is 28.7 Å². The van der Waals surface area contributed by atoms with Gasteiger partial charge in [-0.05, 0) is 40.3 Å². The van der Waals surface area contributed by atoms with Gasteiger partial charge in [0.1, 0.15) is 9.39 Å². The molecule has 0 saturated heterocycles.